The molecule has 0 aromatic heterocycles. The predicted molar refractivity (Wildman–Crippen MR) is 80.0 cm³/mol. The number of halogens is 1. The summed E-state index contributed by atoms with van der Waals surface area (Å²) in [7, 11) is 1.45. The van der Waals surface area contributed by atoms with E-state index in [1.54, 1.807) is 6.07 Å². The van der Waals surface area contributed by atoms with E-state index in [1.165, 1.54) is 13.2 Å². The number of methoxy groups -OCH3 is 1. The molecule has 1 rings (SSSR count). The van der Waals surface area contributed by atoms with Crippen LogP contribution in [0.3, 0.4) is 0 Å². The van der Waals surface area contributed by atoms with Gasteiger partial charge >= 0.3 is 0 Å². The quantitative estimate of drug-likeness (QED) is 0.596. The van der Waals surface area contributed by atoms with E-state index in [1.807, 2.05) is 6.07 Å². The van der Waals surface area contributed by atoms with Gasteiger partial charge in [0.1, 0.15) is 0 Å². The standard InChI is InChI=1S/C15H26FN3O/c1-6-19(7-2)15(3,4)14(18-17)11-8-9-13(20-5)12(16)10-11/h8-10,14,18H,6-7,17H2,1-5H3. The van der Waals surface area contributed by atoms with Crippen LogP contribution in [0.4, 0.5) is 4.39 Å². The van der Waals surface area contributed by atoms with Crippen molar-refractivity contribution < 1.29 is 9.13 Å². The van der Waals surface area contributed by atoms with Gasteiger partial charge in [-0.25, -0.2) is 4.39 Å². The summed E-state index contributed by atoms with van der Waals surface area (Å²) in [5.41, 5.74) is 3.39. The minimum absolute atomic E-state index is 0.178. The number of ether oxygens (including phenoxy) is 1. The zero-order valence-corrected chi connectivity index (χ0v) is 13.0. The lowest BCUT2D eigenvalue weighted by Gasteiger charge is -2.43. The largest absolute Gasteiger partial charge is 0.494 e. The van der Waals surface area contributed by atoms with E-state index in [-0.39, 0.29) is 23.1 Å². The molecule has 0 radical (unpaired) electrons. The van der Waals surface area contributed by atoms with E-state index in [0.717, 1.165) is 18.7 Å². The van der Waals surface area contributed by atoms with Crippen LogP contribution in [-0.4, -0.2) is 30.6 Å². The van der Waals surface area contributed by atoms with E-state index in [4.69, 9.17) is 10.6 Å². The van der Waals surface area contributed by atoms with Gasteiger partial charge in [0.2, 0.25) is 0 Å². The third-order valence-electron chi connectivity index (χ3n) is 3.96. The Balaban J connectivity index is 3.15. The van der Waals surface area contributed by atoms with Crippen molar-refractivity contribution in [2.24, 2.45) is 5.84 Å². The van der Waals surface area contributed by atoms with E-state index in [0.29, 0.717) is 0 Å². The molecule has 0 saturated carbocycles. The summed E-state index contributed by atoms with van der Waals surface area (Å²) < 4.78 is 18.8. The molecule has 1 aromatic rings. The molecule has 0 spiro atoms. The number of rotatable bonds is 7. The van der Waals surface area contributed by atoms with Crippen molar-refractivity contribution in [2.75, 3.05) is 20.2 Å². The van der Waals surface area contributed by atoms with E-state index >= 15 is 0 Å². The first-order valence-electron chi connectivity index (χ1n) is 6.96. The maximum atomic E-state index is 13.9. The lowest BCUT2D eigenvalue weighted by Crippen LogP contribution is -2.54. The predicted octanol–water partition coefficient (Wildman–Crippen LogP) is 2.46. The number of hydrogen-bond donors (Lipinski definition) is 2. The third kappa shape index (κ3) is 3.29. The molecule has 0 fully saturated rings. The fourth-order valence-corrected chi connectivity index (χ4v) is 2.79. The molecule has 114 valence electrons. The molecule has 0 bridgehead atoms. The Hall–Kier alpha value is -1.17. The lowest BCUT2D eigenvalue weighted by molar-refractivity contribution is 0.0911. The summed E-state index contributed by atoms with van der Waals surface area (Å²) in [4.78, 5) is 2.29. The SMILES string of the molecule is CCN(CC)C(C)(C)C(NN)c1ccc(OC)c(F)c1. The number of nitrogens with one attached hydrogen (secondary N) is 1. The van der Waals surface area contributed by atoms with Crippen molar-refractivity contribution in [3.63, 3.8) is 0 Å². The van der Waals surface area contributed by atoms with Crippen LogP contribution < -0.4 is 16.0 Å². The molecule has 1 aromatic carbocycles. The van der Waals surface area contributed by atoms with Crippen LogP contribution in [0.5, 0.6) is 5.75 Å². The number of hydrazine groups is 1. The highest BCUT2D eigenvalue weighted by molar-refractivity contribution is 5.32. The second kappa shape index (κ2) is 7.02. The van der Waals surface area contributed by atoms with Gasteiger partial charge in [-0.05, 0) is 44.6 Å². The molecule has 1 unspecified atom stereocenters. The molecule has 3 N–H and O–H groups in total. The average Bonchev–Trinajstić information content (AvgIpc) is 2.40. The first kappa shape index (κ1) is 16.9. The molecule has 0 aliphatic carbocycles. The number of nitrogens with two attached hydrogens (primary N) is 1. The molecule has 0 aliphatic heterocycles. The maximum absolute atomic E-state index is 13.9. The van der Waals surface area contributed by atoms with Crippen molar-refractivity contribution in [2.45, 2.75) is 39.3 Å². The van der Waals surface area contributed by atoms with Gasteiger partial charge in [-0.15, -0.1) is 0 Å². The molecule has 20 heavy (non-hydrogen) atoms. The lowest BCUT2D eigenvalue weighted by atomic mass is 9.87. The second-order valence-corrected chi connectivity index (χ2v) is 5.32. The Kier molecular flexibility index (Phi) is 5.92. The first-order chi connectivity index (χ1) is 9.42. The highest BCUT2D eigenvalue weighted by Crippen LogP contribution is 2.32. The van der Waals surface area contributed by atoms with Crippen LogP contribution >= 0.6 is 0 Å². The van der Waals surface area contributed by atoms with Crippen molar-refractivity contribution >= 4 is 0 Å². The van der Waals surface area contributed by atoms with E-state index in [2.05, 4.69) is 38.0 Å². The van der Waals surface area contributed by atoms with Crippen LogP contribution in [-0.2, 0) is 0 Å². The maximum Gasteiger partial charge on any atom is 0.165 e. The van der Waals surface area contributed by atoms with Gasteiger partial charge < -0.3 is 4.74 Å². The Morgan fingerprint density at radius 1 is 1.35 bits per heavy atom. The summed E-state index contributed by atoms with van der Waals surface area (Å²) in [6, 6.07) is 4.78. The third-order valence-corrected chi connectivity index (χ3v) is 3.96. The number of hydrogen-bond acceptors (Lipinski definition) is 4. The van der Waals surface area contributed by atoms with Crippen molar-refractivity contribution in [3.8, 4) is 5.75 Å². The topological polar surface area (TPSA) is 50.5 Å². The van der Waals surface area contributed by atoms with Gasteiger partial charge in [0.05, 0.1) is 13.2 Å². The van der Waals surface area contributed by atoms with E-state index < -0.39 is 0 Å². The van der Waals surface area contributed by atoms with Gasteiger partial charge in [0.15, 0.2) is 11.6 Å². The van der Waals surface area contributed by atoms with E-state index in [9.17, 15) is 4.39 Å². The van der Waals surface area contributed by atoms with Crippen molar-refractivity contribution in [1.29, 1.82) is 0 Å². The zero-order valence-electron chi connectivity index (χ0n) is 13.0. The van der Waals surface area contributed by atoms with Crippen LogP contribution in [0, 0.1) is 5.82 Å². The summed E-state index contributed by atoms with van der Waals surface area (Å²) >= 11 is 0. The Bertz CT molecular complexity index is 433. The van der Waals surface area contributed by atoms with Crippen LogP contribution in [0.25, 0.3) is 0 Å². The van der Waals surface area contributed by atoms with Gasteiger partial charge in [0.25, 0.3) is 0 Å². The molecular weight excluding hydrogens is 257 g/mol. The number of likely N-dealkylation sites (N-methyl/N-ethyl adjacent to an activating group) is 1. The van der Waals surface area contributed by atoms with Crippen LogP contribution in [0.15, 0.2) is 18.2 Å². The minimum Gasteiger partial charge on any atom is -0.494 e. The Morgan fingerprint density at radius 2 is 1.95 bits per heavy atom. The molecule has 1 atom stereocenters. The normalized spacial score (nSPS) is 13.6. The molecule has 5 heteroatoms. The summed E-state index contributed by atoms with van der Waals surface area (Å²) in [5, 5.41) is 0. The molecule has 0 heterocycles. The smallest absolute Gasteiger partial charge is 0.165 e. The molecule has 0 amide bonds. The van der Waals surface area contributed by atoms with Crippen molar-refractivity contribution in [3.05, 3.63) is 29.6 Å². The first-order valence-corrected chi connectivity index (χ1v) is 6.96. The van der Waals surface area contributed by atoms with Crippen molar-refractivity contribution in [1.82, 2.24) is 10.3 Å². The second-order valence-electron chi connectivity index (χ2n) is 5.32. The fourth-order valence-electron chi connectivity index (χ4n) is 2.79. The zero-order chi connectivity index (χ0) is 15.3. The molecule has 4 nitrogen and oxygen atoms in total. The van der Waals surface area contributed by atoms with Gasteiger partial charge in [-0.1, -0.05) is 19.9 Å². The molecular formula is C15H26FN3O. The molecule has 0 saturated heterocycles. The molecule has 0 aliphatic rings. The highest BCUT2D eigenvalue weighted by atomic mass is 19.1. The Morgan fingerprint density at radius 3 is 2.35 bits per heavy atom. The monoisotopic (exact) mass is 283 g/mol. The van der Waals surface area contributed by atoms with Crippen LogP contribution in [0.1, 0.15) is 39.3 Å². The van der Waals surface area contributed by atoms with Gasteiger partial charge in [-0.2, -0.15) is 0 Å². The van der Waals surface area contributed by atoms with Gasteiger partial charge in [-0.3, -0.25) is 16.2 Å². The number of nitrogens with zero attached hydrogens (tertiary/aromatic N) is 1. The average molecular weight is 283 g/mol. The van der Waals surface area contributed by atoms with Crippen LogP contribution in [0.2, 0.25) is 0 Å². The Labute approximate surface area is 121 Å². The number of benzene rings is 1. The van der Waals surface area contributed by atoms with Gasteiger partial charge in [0, 0.05) is 5.54 Å². The highest BCUT2D eigenvalue weighted by Gasteiger charge is 2.34. The summed E-state index contributed by atoms with van der Waals surface area (Å²) in [6.45, 7) is 10.2. The fraction of sp³-hybridized carbons (Fsp3) is 0.600. The summed E-state index contributed by atoms with van der Waals surface area (Å²) in [6.07, 6.45) is 0. The minimum atomic E-state index is -0.374. The summed E-state index contributed by atoms with van der Waals surface area (Å²) in [5.74, 6) is 5.59.